The second-order valence-electron chi connectivity index (χ2n) is 11.4. The molecule has 1 fully saturated rings. The van der Waals surface area contributed by atoms with Gasteiger partial charge in [-0.3, -0.25) is 19.8 Å². The molecule has 0 radical (unpaired) electrons. The fraction of sp³-hybridized carbons (Fsp3) is 0.433. The molecular weight excluding hydrogens is 492 g/mol. The van der Waals surface area contributed by atoms with Crippen LogP contribution in [0.4, 0.5) is 0 Å². The van der Waals surface area contributed by atoms with Gasteiger partial charge in [0, 0.05) is 50.7 Å². The number of nitrogens with one attached hydrogen (secondary N) is 3. The zero-order valence-corrected chi connectivity index (χ0v) is 23.3. The molecule has 4 rings (SSSR count). The highest BCUT2D eigenvalue weighted by molar-refractivity contribution is 5.93. The number of para-hydroxylation sites is 1. The van der Waals surface area contributed by atoms with Crippen LogP contribution in [0.25, 0.3) is 10.9 Å². The SMILES string of the molecule is CN(C)NC(=O)C1(Cc2ccccc2)CCN(C(=O)C(Cc2c[nH]c3ccccc23)NC(=O)C(C)(C)N)CC1. The lowest BCUT2D eigenvalue weighted by atomic mass is 9.73. The molecule has 1 unspecified atom stereocenters. The predicted molar refractivity (Wildman–Crippen MR) is 152 cm³/mol. The molecule has 0 aliphatic carbocycles. The van der Waals surface area contributed by atoms with Gasteiger partial charge < -0.3 is 20.9 Å². The van der Waals surface area contributed by atoms with Gasteiger partial charge in [-0.25, -0.2) is 5.01 Å². The van der Waals surface area contributed by atoms with Crippen molar-refractivity contribution in [2.24, 2.45) is 11.1 Å². The number of hydrazine groups is 1. The van der Waals surface area contributed by atoms with Crippen LogP contribution in [-0.4, -0.2) is 71.4 Å². The monoisotopic (exact) mass is 532 g/mol. The topological polar surface area (TPSA) is 124 Å². The number of benzene rings is 2. The Bertz CT molecular complexity index is 1300. The van der Waals surface area contributed by atoms with Crippen molar-refractivity contribution in [3.63, 3.8) is 0 Å². The number of aromatic nitrogens is 1. The zero-order chi connectivity index (χ0) is 28.2. The van der Waals surface area contributed by atoms with E-state index >= 15 is 0 Å². The molecule has 0 bridgehead atoms. The lowest BCUT2D eigenvalue weighted by molar-refractivity contribution is -0.145. The van der Waals surface area contributed by atoms with Crippen LogP contribution in [0.2, 0.25) is 0 Å². The lowest BCUT2D eigenvalue weighted by Crippen LogP contribution is -2.59. The van der Waals surface area contributed by atoms with Crippen molar-refractivity contribution in [1.82, 2.24) is 25.6 Å². The van der Waals surface area contributed by atoms with Crippen LogP contribution in [0.15, 0.2) is 60.8 Å². The summed E-state index contributed by atoms with van der Waals surface area (Å²) in [7, 11) is 3.59. The third-order valence-corrected chi connectivity index (χ3v) is 7.51. The largest absolute Gasteiger partial charge is 0.361 e. The first-order valence-corrected chi connectivity index (χ1v) is 13.4. The van der Waals surface area contributed by atoms with Crippen molar-refractivity contribution in [2.45, 2.75) is 51.1 Å². The number of hydrogen-bond donors (Lipinski definition) is 4. The van der Waals surface area contributed by atoms with E-state index in [0.29, 0.717) is 38.8 Å². The number of amides is 3. The van der Waals surface area contributed by atoms with Crippen molar-refractivity contribution >= 4 is 28.6 Å². The van der Waals surface area contributed by atoms with E-state index in [1.54, 1.807) is 37.9 Å². The molecule has 1 saturated heterocycles. The number of nitrogens with zero attached hydrogens (tertiary/aromatic N) is 2. The van der Waals surface area contributed by atoms with Crippen molar-refractivity contribution < 1.29 is 14.4 Å². The van der Waals surface area contributed by atoms with Crippen LogP contribution >= 0.6 is 0 Å². The molecule has 0 saturated carbocycles. The molecule has 2 heterocycles. The van der Waals surface area contributed by atoms with E-state index in [-0.39, 0.29) is 17.7 Å². The number of fused-ring (bicyclic) bond motifs is 1. The van der Waals surface area contributed by atoms with Crippen LogP contribution in [0.3, 0.4) is 0 Å². The highest BCUT2D eigenvalue weighted by Crippen LogP contribution is 2.36. The van der Waals surface area contributed by atoms with Gasteiger partial charge in [0.05, 0.1) is 11.0 Å². The smallest absolute Gasteiger partial charge is 0.245 e. The van der Waals surface area contributed by atoms with Gasteiger partial charge in [0.2, 0.25) is 17.7 Å². The number of hydrogen-bond acceptors (Lipinski definition) is 5. The van der Waals surface area contributed by atoms with Crippen LogP contribution in [0, 0.1) is 5.41 Å². The second kappa shape index (κ2) is 11.6. The zero-order valence-electron chi connectivity index (χ0n) is 23.3. The third kappa shape index (κ3) is 6.66. The molecule has 0 spiro atoms. The summed E-state index contributed by atoms with van der Waals surface area (Å²) < 4.78 is 0. The fourth-order valence-electron chi connectivity index (χ4n) is 5.23. The molecule has 9 nitrogen and oxygen atoms in total. The number of likely N-dealkylation sites (tertiary alicyclic amines) is 1. The summed E-state index contributed by atoms with van der Waals surface area (Å²) in [6.07, 6.45) is 3.84. The van der Waals surface area contributed by atoms with E-state index in [4.69, 9.17) is 5.73 Å². The minimum absolute atomic E-state index is 0.0445. The normalized spacial score (nSPS) is 16.2. The fourth-order valence-corrected chi connectivity index (χ4v) is 5.23. The van der Waals surface area contributed by atoms with Crippen molar-refractivity contribution in [1.29, 1.82) is 0 Å². The molecule has 5 N–H and O–H groups in total. The van der Waals surface area contributed by atoms with Crippen molar-refractivity contribution in [3.8, 4) is 0 Å². The van der Waals surface area contributed by atoms with Gasteiger partial charge >= 0.3 is 0 Å². The molecule has 3 aromatic rings. The maximum atomic E-state index is 13.9. The Morgan fingerprint density at radius 2 is 1.69 bits per heavy atom. The van der Waals surface area contributed by atoms with Gasteiger partial charge in [-0.05, 0) is 50.3 Å². The Kier molecular flexibility index (Phi) is 8.42. The number of piperidine rings is 1. The second-order valence-corrected chi connectivity index (χ2v) is 11.4. The quantitative estimate of drug-likeness (QED) is 0.315. The van der Waals surface area contributed by atoms with E-state index in [9.17, 15) is 14.4 Å². The summed E-state index contributed by atoms with van der Waals surface area (Å²) in [5, 5.41) is 5.58. The average molecular weight is 533 g/mol. The molecular formula is C30H40N6O3. The maximum absolute atomic E-state index is 13.9. The Labute approximate surface area is 230 Å². The molecule has 9 heteroatoms. The minimum atomic E-state index is -1.13. The van der Waals surface area contributed by atoms with Gasteiger partial charge in [-0.2, -0.15) is 0 Å². The Morgan fingerprint density at radius 1 is 1.05 bits per heavy atom. The van der Waals surface area contributed by atoms with Crippen LogP contribution < -0.4 is 16.5 Å². The van der Waals surface area contributed by atoms with E-state index in [1.165, 1.54) is 0 Å². The summed E-state index contributed by atoms with van der Waals surface area (Å²) >= 11 is 0. The first kappa shape index (κ1) is 28.3. The van der Waals surface area contributed by atoms with E-state index in [0.717, 1.165) is 22.0 Å². The predicted octanol–water partition coefficient (Wildman–Crippen LogP) is 2.38. The Hall–Kier alpha value is -3.69. The average Bonchev–Trinajstić information content (AvgIpc) is 3.30. The molecule has 1 aromatic heterocycles. The highest BCUT2D eigenvalue weighted by Gasteiger charge is 2.43. The summed E-state index contributed by atoms with van der Waals surface area (Å²) in [6.45, 7) is 4.08. The maximum Gasteiger partial charge on any atom is 0.245 e. The first-order valence-electron chi connectivity index (χ1n) is 13.4. The van der Waals surface area contributed by atoms with E-state index in [1.807, 2.05) is 60.8 Å². The summed E-state index contributed by atoms with van der Waals surface area (Å²) in [5.74, 6) is -0.599. The summed E-state index contributed by atoms with van der Waals surface area (Å²) in [5.41, 5.74) is 10.2. The third-order valence-electron chi connectivity index (χ3n) is 7.51. The number of rotatable bonds is 9. The standard InChI is InChI=1S/C30H40N6O3/c1-29(2,31)27(38)33-25(18-22-20-32-24-13-9-8-12-23(22)24)26(37)36-16-14-30(15-17-36,28(39)34-35(3)4)19-21-10-6-5-7-11-21/h5-13,20,25,32H,14-19,31H2,1-4H3,(H,33,38)(H,34,39). The Morgan fingerprint density at radius 3 is 2.33 bits per heavy atom. The summed E-state index contributed by atoms with van der Waals surface area (Å²) in [6, 6.07) is 17.1. The van der Waals surface area contributed by atoms with Gasteiger partial charge in [0.1, 0.15) is 6.04 Å². The summed E-state index contributed by atoms with van der Waals surface area (Å²) in [4.78, 5) is 45.2. The van der Waals surface area contributed by atoms with E-state index < -0.39 is 17.0 Å². The molecule has 1 atom stereocenters. The first-order chi connectivity index (χ1) is 18.5. The molecule has 208 valence electrons. The van der Waals surface area contributed by atoms with E-state index in [2.05, 4.69) is 15.7 Å². The van der Waals surface area contributed by atoms with Crippen LogP contribution in [-0.2, 0) is 27.2 Å². The number of H-pyrrole nitrogens is 1. The van der Waals surface area contributed by atoms with Crippen molar-refractivity contribution in [3.05, 3.63) is 71.9 Å². The molecule has 1 aliphatic rings. The van der Waals surface area contributed by atoms with Gasteiger partial charge in [-0.1, -0.05) is 48.5 Å². The molecule has 2 aromatic carbocycles. The number of carbonyl (C=O) groups is 3. The minimum Gasteiger partial charge on any atom is -0.361 e. The lowest BCUT2D eigenvalue weighted by Gasteiger charge is -2.42. The highest BCUT2D eigenvalue weighted by atomic mass is 16.2. The number of aromatic amines is 1. The molecule has 3 amide bonds. The number of nitrogens with two attached hydrogens (primary N) is 1. The van der Waals surface area contributed by atoms with Crippen LogP contribution in [0.5, 0.6) is 0 Å². The Balaban J connectivity index is 1.55. The van der Waals surface area contributed by atoms with Gasteiger partial charge in [0.25, 0.3) is 0 Å². The van der Waals surface area contributed by atoms with Crippen molar-refractivity contribution in [2.75, 3.05) is 27.2 Å². The van der Waals surface area contributed by atoms with Gasteiger partial charge in [-0.15, -0.1) is 0 Å². The molecule has 39 heavy (non-hydrogen) atoms. The molecule has 1 aliphatic heterocycles. The van der Waals surface area contributed by atoms with Gasteiger partial charge in [0.15, 0.2) is 0 Å². The van der Waals surface area contributed by atoms with Crippen LogP contribution in [0.1, 0.15) is 37.8 Å². The number of carbonyl (C=O) groups excluding carboxylic acids is 3.